The number of carbonyl (C=O) groups is 1. The maximum atomic E-state index is 12.3. The third-order valence-corrected chi connectivity index (χ3v) is 4.42. The quantitative estimate of drug-likeness (QED) is 0.578. The largest absolute Gasteiger partial charge is 0.466 e. The second-order valence-corrected chi connectivity index (χ2v) is 6.29. The summed E-state index contributed by atoms with van der Waals surface area (Å²) >= 11 is 1.56. The van der Waals surface area contributed by atoms with Crippen LogP contribution < -0.4 is 5.32 Å². The van der Waals surface area contributed by atoms with E-state index in [1.807, 2.05) is 24.4 Å². The number of aryl methyl sites for hydroxylation is 2. The minimum atomic E-state index is -0.436. The highest BCUT2D eigenvalue weighted by Crippen LogP contribution is 2.27. The average Bonchev–Trinajstić information content (AvgIpc) is 3.34. The Morgan fingerprint density at radius 1 is 1.24 bits per heavy atom. The molecule has 0 unspecified atom stereocenters. The van der Waals surface area contributed by atoms with Gasteiger partial charge in [-0.05, 0) is 37.4 Å². The normalized spacial score (nSPS) is 11.0. The van der Waals surface area contributed by atoms with Gasteiger partial charge in [0, 0.05) is 0 Å². The molecule has 0 saturated carbocycles. The SMILES string of the molecule is Cc1cc(-c2nnc(NC(=O)c3cc(-c4cccs4)[nH]n3)o2)c(C)o1. The fourth-order valence-corrected chi connectivity index (χ4v) is 3.08. The molecule has 0 aliphatic rings. The fourth-order valence-electron chi connectivity index (χ4n) is 2.38. The number of nitrogens with zero attached hydrogens (tertiary/aromatic N) is 3. The van der Waals surface area contributed by atoms with Crippen molar-refractivity contribution in [3.8, 4) is 22.0 Å². The Bertz CT molecular complexity index is 1030. The maximum Gasteiger partial charge on any atom is 0.322 e. The van der Waals surface area contributed by atoms with E-state index in [4.69, 9.17) is 8.83 Å². The Morgan fingerprint density at radius 2 is 2.12 bits per heavy atom. The number of anilines is 1. The number of hydrogen-bond donors (Lipinski definition) is 2. The molecule has 4 heterocycles. The zero-order valence-electron chi connectivity index (χ0n) is 13.4. The van der Waals surface area contributed by atoms with Gasteiger partial charge in [-0.2, -0.15) is 5.10 Å². The highest BCUT2D eigenvalue weighted by Gasteiger charge is 2.18. The molecule has 9 heteroatoms. The van der Waals surface area contributed by atoms with Crippen molar-refractivity contribution in [3.05, 3.63) is 46.9 Å². The van der Waals surface area contributed by atoms with E-state index >= 15 is 0 Å². The third kappa shape index (κ3) is 2.96. The molecule has 8 nitrogen and oxygen atoms in total. The molecule has 0 aliphatic carbocycles. The molecule has 0 bridgehead atoms. The molecule has 25 heavy (non-hydrogen) atoms. The Hall–Kier alpha value is -3.20. The second kappa shape index (κ2) is 6.02. The standard InChI is InChI=1S/C16H13N5O3S/c1-8-6-10(9(2)23-8)15-20-21-16(24-15)17-14(22)12-7-11(18-19-12)13-4-3-5-25-13/h3-7H,1-2H3,(H,18,19)(H,17,21,22). The lowest BCUT2D eigenvalue weighted by molar-refractivity contribution is 0.101. The molecule has 0 atom stereocenters. The van der Waals surface area contributed by atoms with Crippen LogP contribution in [-0.4, -0.2) is 26.3 Å². The summed E-state index contributed by atoms with van der Waals surface area (Å²) in [5.41, 5.74) is 1.71. The molecule has 0 aromatic carbocycles. The molecule has 2 N–H and O–H groups in total. The molecular weight excluding hydrogens is 342 g/mol. The molecule has 126 valence electrons. The van der Waals surface area contributed by atoms with Crippen molar-refractivity contribution in [3.63, 3.8) is 0 Å². The van der Waals surface area contributed by atoms with Crippen LogP contribution in [0.15, 0.2) is 38.5 Å². The van der Waals surface area contributed by atoms with Crippen LogP contribution in [0.25, 0.3) is 22.0 Å². The second-order valence-electron chi connectivity index (χ2n) is 5.34. The Labute approximate surface area is 145 Å². The summed E-state index contributed by atoms with van der Waals surface area (Å²) in [6, 6.07) is 7.34. The summed E-state index contributed by atoms with van der Waals surface area (Å²) in [6.45, 7) is 3.64. The fraction of sp³-hybridized carbons (Fsp3) is 0.125. The van der Waals surface area contributed by atoms with Gasteiger partial charge in [0.1, 0.15) is 11.5 Å². The molecule has 1 amide bonds. The first-order valence-corrected chi connectivity index (χ1v) is 8.29. The topological polar surface area (TPSA) is 110 Å². The van der Waals surface area contributed by atoms with Crippen molar-refractivity contribution >= 4 is 23.3 Å². The first-order valence-electron chi connectivity index (χ1n) is 7.41. The van der Waals surface area contributed by atoms with Crippen molar-refractivity contribution in [2.45, 2.75) is 13.8 Å². The van der Waals surface area contributed by atoms with E-state index in [-0.39, 0.29) is 17.6 Å². The summed E-state index contributed by atoms with van der Waals surface area (Å²) in [6.07, 6.45) is 0. The van der Waals surface area contributed by atoms with Crippen molar-refractivity contribution < 1.29 is 13.6 Å². The van der Waals surface area contributed by atoms with Gasteiger partial charge in [-0.15, -0.1) is 16.4 Å². The summed E-state index contributed by atoms with van der Waals surface area (Å²) in [7, 11) is 0. The number of thiophene rings is 1. The average molecular weight is 355 g/mol. The van der Waals surface area contributed by atoms with Gasteiger partial charge >= 0.3 is 6.01 Å². The number of H-pyrrole nitrogens is 1. The van der Waals surface area contributed by atoms with Gasteiger partial charge < -0.3 is 8.83 Å². The van der Waals surface area contributed by atoms with Gasteiger partial charge in [-0.1, -0.05) is 11.2 Å². The number of hydrogen-bond acceptors (Lipinski definition) is 7. The minimum absolute atomic E-state index is 0.000994. The summed E-state index contributed by atoms with van der Waals surface area (Å²) in [5.74, 6) is 1.26. The Morgan fingerprint density at radius 3 is 2.84 bits per heavy atom. The lowest BCUT2D eigenvalue weighted by Gasteiger charge is -1.95. The smallest absolute Gasteiger partial charge is 0.322 e. The minimum Gasteiger partial charge on any atom is -0.466 e. The van der Waals surface area contributed by atoms with Crippen LogP contribution in [0.5, 0.6) is 0 Å². The lowest BCUT2D eigenvalue weighted by Crippen LogP contribution is -2.12. The van der Waals surface area contributed by atoms with E-state index in [2.05, 4.69) is 25.7 Å². The van der Waals surface area contributed by atoms with Crippen LogP contribution in [0, 0.1) is 13.8 Å². The van der Waals surface area contributed by atoms with Crippen LogP contribution in [0.1, 0.15) is 22.0 Å². The highest BCUT2D eigenvalue weighted by molar-refractivity contribution is 7.13. The van der Waals surface area contributed by atoms with Gasteiger partial charge in [-0.3, -0.25) is 15.2 Å². The molecule has 0 radical (unpaired) electrons. The number of aromatic amines is 1. The summed E-state index contributed by atoms with van der Waals surface area (Å²) in [4.78, 5) is 13.3. The van der Waals surface area contributed by atoms with Crippen LogP contribution in [0.3, 0.4) is 0 Å². The van der Waals surface area contributed by atoms with E-state index in [0.717, 1.165) is 16.3 Å². The zero-order chi connectivity index (χ0) is 17.4. The van der Waals surface area contributed by atoms with Crippen molar-refractivity contribution in [2.24, 2.45) is 0 Å². The van der Waals surface area contributed by atoms with Gasteiger partial charge in [0.15, 0.2) is 5.69 Å². The van der Waals surface area contributed by atoms with Crippen LogP contribution in [-0.2, 0) is 0 Å². The molecule has 4 aromatic heterocycles. The van der Waals surface area contributed by atoms with Gasteiger partial charge in [-0.25, -0.2) is 0 Å². The van der Waals surface area contributed by atoms with E-state index in [1.165, 1.54) is 0 Å². The zero-order valence-corrected chi connectivity index (χ0v) is 14.2. The van der Waals surface area contributed by atoms with Crippen LogP contribution in [0.4, 0.5) is 6.01 Å². The first-order chi connectivity index (χ1) is 12.1. The monoisotopic (exact) mass is 355 g/mol. The van der Waals surface area contributed by atoms with E-state index in [1.54, 1.807) is 30.4 Å². The van der Waals surface area contributed by atoms with E-state index in [9.17, 15) is 4.79 Å². The molecule has 4 aromatic rings. The molecular formula is C16H13N5O3S. The van der Waals surface area contributed by atoms with Gasteiger partial charge in [0.25, 0.3) is 11.8 Å². The highest BCUT2D eigenvalue weighted by atomic mass is 32.1. The van der Waals surface area contributed by atoms with Crippen LogP contribution >= 0.6 is 11.3 Å². The van der Waals surface area contributed by atoms with Crippen molar-refractivity contribution in [1.29, 1.82) is 0 Å². The number of carbonyl (C=O) groups excluding carboxylic acids is 1. The predicted molar refractivity (Wildman–Crippen MR) is 91.3 cm³/mol. The lowest BCUT2D eigenvalue weighted by atomic mass is 10.2. The van der Waals surface area contributed by atoms with Crippen LogP contribution in [0.2, 0.25) is 0 Å². The summed E-state index contributed by atoms with van der Waals surface area (Å²) < 4.78 is 10.9. The number of aromatic nitrogens is 4. The molecule has 4 rings (SSSR count). The Balaban J connectivity index is 1.51. The molecule has 0 fully saturated rings. The van der Waals surface area contributed by atoms with E-state index in [0.29, 0.717) is 11.3 Å². The number of rotatable bonds is 4. The number of furan rings is 1. The molecule has 0 aliphatic heterocycles. The number of amides is 1. The number of nitrogens with one attached hydrogen (secondary N) is 2. The Kier molecular flexibility index (Phi) is 3.69. The summed E-state index contributed by atoms with van der Waals surface area (Å²) in [5, 5.41) is 19.1. The van der Waals surface area contributed by atoms with Gasteiger partial charge in [0.2, 0.25) is 0 Å². The van der Waals surface area contributed by atoms with Gasteiger partial charge in [0.05, 0.1) is 16.1 Å². The maximum absolute atomic E-state index is 12.3. The third-order valence-electron chi connectivity index (χ3n) is 3.51. The molecule has 0 saturated heterocycles. The first kappa shape index (κ1) is 15.3. The van der Waals surface area contributed by atoms with Crippen molar-refractivity contribution in [1.82, 2.24) is 20.4 Å². The van der Waals surface area contributed by atoms with E-state index < -0.39 is 5.91 Å². The predicted octanol–water partition coefficient (Wildman–Crippen LogP) is 3.65. The van der Waals surface area contributed by atoms with Crippen molar-refractivity contribution in [2.75, 3.05) is 5.32 Å². The molecule has 0 spiro atoms.